The summed E-state index contributed by atoms with van der Waals surface area (Å²) in [5.41, 5.74) is 0.704. The van der Waals surface area contributed by atoms with E-state index in [0.29, 0.717) is 36.7 Å². The monoisotopic (exact) mass is 316 g/mol. The van der Waals surface area contributed by atoms with Gasteiger partial charge in [-0.2, -0.15) is 0 Å². The number of methoxy groups -OCH3 is 1. The molecule has 1 aromatic carbocycles. The number of aryl methyl sites for hydroxylation is 1. The Hall–Kier alpha value is -1.31. The molecular weight excluding hydrogens is 298 g/mol. The maximum atomic E-state index is 13.9. The normalized spacial score (nSPS) is 11.4. The number of halogens is 2. The number of imidazole rings is 1. The van der Waals surface area contributed by atoms with E-state index in [1.165, 1.54) is 6.07 Å². The molecule has 0 unspecified atom stereocenters. The van der Waals surface area contributed by atoms with Gasteiger partial charge in [0.25, 0.3) is 0 Å². The summed E-state index contributed by atoms with van der Waals surface area (Å²) in [6.45, 7) is 2.25. The van der Waals surface area contributed by atoms with Crippen LogP contribution in [-0.2, 0) is 16.0 Å². The topological polar surface area (TPSA) is 39.2 Å². The molecule has 1 aromatic heterocycles. The smallest absolute Gasteiger partial charge is 0.184 e. The Kier molecular flexibility index (Phi) is 5.84. The first-order chi connectivity index (χ1) is 10.1. The van der Waals surface area contributed by atoms with Gasteiger partial charge in [-0.25, -0.2) is 8.78 Å². The molecule has 0 spiro atoms. The second-order valence-corrected chi connectivity index (χ2v) is 5.04. The van der Waals surface area contributed by atoms with E-state index in [1.54, 1.807) is 11.7 Å². The third kappa shape index (κ3) is 3.87. The maximum Gasteiger partial charge on any atom is 0.184 e. The van der Waals surface area contributed by atoms with Gasteiger partial charge in [0, 0.05) is 20.3 Å². The molecular formula is C14H18F2N2O2S. The van der Waals surface area contributed by atoms with Gasteiger partial charge in [0.15, 0.2) is 16.4 Å². The van der Waals surface area contributed by atoms with Crippen LogP contribution in [-0.4, -0.2) is 36.5 Å². The van der Waals surface area contributed by atoms with Gasteiger partial charge in [0.2, 0.25) is 0 Å². The number of unbranched alkanes of at least 4 members (excludes halogenated alkanes) is 1. The number of rotatable bonds is 8. The number of hydrogen-bond acceptors (Lipinski definition) is 3. The zero-order chi connectivity index (χ0) is 15.2. The molecule has 0 amide bonds. The van der Waals surface area contributed by atoms with Crippen molar-refractivity contribution < 1.29 is 18.3 Å². The quantitative estimate of drug-likeness (QED) is 0.599. The SMILES string of the molecule is COCCOCCCCn1c(=S)[nH]c2ccc(F)c(F)c21. The van der Waals surface area contributed by atoms with Crippen LogP contribution in [0.1, 0.15) is 12.8 Å². The van der Waals surface area contributed by atoms with Crippen LogP contribution < -0.4 is 0 Å². The minimum atomic E-state index is -0.867. The second-order valence-electron chi connectivity index (χ2n) is 4.65. The first-order valence-corrected chi connectivity index (χ1v) is 7.19. The molecule has 4 nitrogen and oxygen atoms in total. The summed E-state index contributed by atoms with van der Waals surface area (Å²) in [4.78, 5) is 2.89. The molecule has 2 aromatic rings. The van der Waals surface area contributed by atoms with E-state index in [1.807, 2.05) is 0 Å². The fourth-order valence-electron chi connectivity index (χ4n) is 2.12. The van der Waals surface area contributed by atoms with Gasteiger partial charge in [-0.3, -0.25) is 0 Å². The molecule has 0 saturated heterocycles. The van der Waals surface area contributed by atoms with Gasteiger partial charge in [0.1, 0.15) is 5.52 Å². The standard InChI is InChI=1S/C14H18F2N2O2S/c1-19-8-9-20-7-3-2-6-18-13-11(17-14(18)21)5-4-10(15)12(13)16/h4-5H,2-3,6-9H2,1H3,(H,17,21). The van der Waals surface area contributed by atoms with E-state index < -0.39 is 11.6 Å². The number of fused-ring (bicyclic) bond motifs is 1. The fourth-order valence-corrected chi connectivity index (χ4v) is 2.41. The number of H-pyrrole nitrogens is 1. The molecule has 0 saturated carbocycles. The van der Waals surface area contributed by atoms with E-state index in [-0.39, 0.29) is 5.52 Å². The van der Waals surface area contributed by atoms with E-state index >= 15 is 0 Å². The lowest BCUT2D eigenvalue weighted by atomic mass is 10.2. The Bertz CT molecular complexity index is 654. The lowest BCUT2D eigenvalue weighted by Crippen LogP contribution is -2.05. The summed E-state index contributed by atoms with van der Waals surface area (Å²) in [5.74, 6) is -1.73. The summed E-state index contributed by atoms with van der Waals surface area (Å²) in [5, 5.41) is 0. The van der Waals surface area contributed by atoms with Crippen LogP contribution in [0.4, 0.5) is 8.78 Å². The number of aromatic amines is 1. The molecule has 0 fully saturated rings. The molecule has 0 atom stereocenters. The van der Waals surface area contributed by atoms with Gasteiger partial charge >= 0.3 is 0 Å². The minimum absolute atomic E-state index is 0.195. The molecule has 116 valence electrons. The Morgan fingerprint density at radius 3 is 2.76 bits per heavy atom. The van der Waals surface area contributed by atoms with Crippen LogP contribution in [0.2, 0.25) is 0 Å². The van der Waals surface area contributed by atoms with Gasteiger partial charge in [-0.05, 0) is 37.2 Å². The minimum Gasteiger partial charge on any atom is -0.382 e. The lowest BCUT2D eigenvalue weighted by molar-refractivity contribution is 0.0684. The van der Waals surface area contributed by atoms with Crippen LogP contribution >= 0.6 is 12.2 Å². The fraction of sp³-hybridized carbons (Fsp3) is 0.500. The van der Waals surface area contributed by atoms with Crippen molar-refractivity contribution in [3.8, 4) is 0 Å². The second kappa shape index (κ2) is 7.63. The molecule has 0 aliphatic carbocycles. The van der Waals surface area contributed by atoms with Gasteiger partial charge in [-0.1, -0.05) is 0 Å². The Balaban J connectivity index is 1.97. The third-order valence-electron chi connectivity index (χ3n) is 3.18. The van der Waals surface area contributed by atoms with Crippen molar-refractivity contribution in [1.29, 1.82) is 0 Å². The van der Waals surface area contributed by atoms with Crippen molar-refractivity contribution in [3.63, 3.8) is 0 Å². The first-order valence-electron chi connectivity index (χ1n) is 6.78. The Labute approximate surface area is 126 Å². The number of benzene rings is 1. The predicted molar refractivity (Wildman–Crippen MR) is 79.0 cm³/mol. The van der Waals surface area contributed by atoms with Crippen molar-refractivity contribution in [3.05, 3.63) is 28.5 Å². The molecule has 0 bridgehead atoms. The molecule has 2 rings (SSSR count). The summed E-state index contributed by atoms with van der Waals surface area (Å²) in [7, 11) is 1.62. The lowest BCUT2D eigenvalue weighted by Gasteiger charge is -2.06. The predicted octanol–water partition coefficient (Wildman–Crippen LogP) is 3.42. The third-order valence-corrected chi connectivity index (χ3v) is 3.50. The van der Waals surface area contributed by atoms with Crippen molar-refractivity contribution in [1.82, 2.24) is 9.55 Å². The van der Waals surface area contributed by atoms with E-state index in [9.17, 15) is 8.78 Å². The van der Waals surface area contributed by atoms with Crippen LogP contribution in [0.3, 0.4) is 0 Å². The van der Waals surface area contributed by atoms with E-state index in [4.69, 9.17) is 21.7 Å². The van der Waals surface area contributed by atoms with E-state index in [2.05, 4.69) is 4.98 Å². The first kappa shape index (κ1) is 16.1. The van der Waals surface area contributed by atoms with E-state index in [0.717, 1.165) is 18.9 Å². The number of aromatic nitrogens is 2. The van der Waals surface area contributed by atoms with Gasteiger partial charge in [-0.15, -0.1) is 0 Å². The zero-order valence-electron chi connectivity index (χ0n) is 11.8. The van der Waals surface area contributed by atoms with Crippen LogP contribution in [0.5, 0.6) is 0 Å². The van der Waals surface area contributed by atoms with Crippen molar-refractivity contribution in [2.45, 2.75) is 19.4 Å². The summed E-state index contributed by atoms with van der Waals surface area (Å²) >= 11 is 5.16. The summed E-state index contributed by atoms with van der Waals surface area (Å²) in [6.07, 6.45) is 1.58. The molecule has 0 aliphatic heterocycles. The highest BCUT2D eigenvalue weighted by molar-refractivity contribution is 7.71. The average molecular weight is 316 g/mol. The van der Waals surface area contributed by atoms with Gasteiger partial charge in [0.05, 0.1) is 18.7 Å². The zero-order valence-corrected chi connectivity index (χ0v) is 12.6. The van der Waals surface area contributed by atoms with Gasteiger partial charge < -0.3 is 19.0 Å². The molecule has 21 heavy (non-hydrogen) atoms. The molecule has 0 radical (unpaired) electrons. The molecule has 7 heteroatoms. The number of ether oxygens (including phenoxy) is 2. The highest BCUT2D eigenvalue weighted by Gasteiger charge is 2.13. The largest absolute Gasteiger partial charge is 0.382 e. The number of nitrogens with one attached hydrogen (secondary N) is 1. The average Bonchev–Trinajstić information content (AvgIpc) is 2.79. The Morgan fingerprint density at radius 1 is 1.19 bits per heavy atom. The summed E-state index contributed by atoms with van der Waals surface area (Å²) in [6, 6.07) is 2.59. The maximum absolute atomic E-state index is 13.9. The van der Waals surface area contributed by atoms with Crippen LogP contribution in [0.15, 0.2) is 12.1 Å². The highest BCUT2D eigenvalue weighted by Crippen LogP contribution is 2.20. The van der Waals surface area contributed by atoms with Crippen LogP contribution in [0.25, 0.3) is 11.0 Å². The van der Waals surface area contributed by atoms with Crippen molar-refractivity contribution >= 4 is 23.3 Å². The number of nitrogens with zero attached hydrogens (tertiary/aromatic N) is 1. The molecule has 0 aliphatic rings. The highest BCUT2D eigenvalue weighted by atomic mass is 32.1. The van der Waals surface area contributed by atoms with Crippen molar-refractivity contribution in [2.24, 2.45) is 0 Å². The Morgan fingerprint density at radius 2 is 2.00 bits per heavy atom. The molecule has 1 heterocycles. The number of hydrogen-bond donors (Lipinski definition) is 1. The summed E-state index contributed by atoms with van der Waals surface area (Å²) < 4.78 is 39.4. The van der Waals surface area contributed by atoms with Crippen LogP contribution in [0, 0.1) is 16.4 Å². The molecule has 1 N–H and O–H groups in total. The van der Waals surface area contributed by atoms with Crippen molar-refractivity contribution in [2.75, 3.05) is 26.9 Å².